The number of thioether (sulfide) groups is 1. The van der Waals surface area contributed by atoms with Crippen molar-refractivity contribution < 1.29 is 4.79 Å². The summed E-state index contributed by atoms with van der Waals surface area (Å²) in [5.74, 6) is 0.937. The van der Waals surface area contributed by atoms with Gasteiger partial charge in [0, 0.05) is 23.0 Å². The van der Waals surface area contributed by atoms with Crippen LogP contribution in [0.3, 0.4) is 0 Å². The van der Waals surface area contributed by atoms with Crippen LogP contribution < -0.4 is 15.8 Å². The van der Waals surface area contributed by atoms with Crippen LogP contribution >= 0.6 is 34.7 Å². The molecule has 1 fully saturated rings. The Kier molecular flexibility index (Phi) is 6.60. The van der Waals surface area contributed by atoms with Crippen LogP contribution in [0.4, 0.5) is 11.4 Å². The van der Waals surface area contributed by atoms with E-state index in [9.17, 15) is 9.59 Å². The fourth-order valence-electron chi connectivity index (χ4n) is 3.72. The average molecular weight is 477 g/mol. The zero-order valence-corrected chi connectivity index (χ0v) is 20.1. The number of nitrogens with one attached hydrogen (secondary N) is 2. The quantitative estimate of drug-likeness (QED) is 0.516. The van der Waals surface area contributed by atoms with Crippen molar-refractivity contribution in [3.63, 3.8) is 0 Å². The Balaban J connectivity index is 1.44. The van der Waals surface area contributed by atoms with Crippen LogP contribution in [0.25, 0.3) is 10.2 Å². The summed E-state index contributed by atoms with van der Waals surface area (Å²) in [5, 5.41) is 3.98. The molecule has 1 atom stereocenters. The molecule has 0 aliphatic carbocycles. The van der Waals surface area contributed by atoms with E-state index < -0.39 is 0 Å². The number of benzene rings is 1. The molecule has 4 rings (SSSR count). The Bertz CT molecular complexity index is 1180. The van der Waals surface area contributed by atoms with Crippen LogP contribution in [-0.2, 0) is 10.5 Å². The number of carbonyl (C=O) groups excluding carboxylic acids is 1. The smallest absolute Gasteiger partial charge is 0.259 e. The van der Waals surface area contributed by atoms with Gasteiger partial charge in [0.1, 0.15) is 10.7 Å². The molecular weight excluding hydrogens is 452 g/mol. The summed E-state index contributed by atoms with van der Waals surface area (Å²) in [7, 11) is 0. The van der Waals surface area contributed by atoms with Gasteiger partial charge in [0.2, 0.25) is 5.91 Å². The maximum Gasteiger partial charge on any atom is 0.259 e. The second-order valence-corrected chi connectivity index (χ2v) is 10.7. The standard InChI is InChI=1S/C22H25ClN4O2S2/c1-12-13(2)31-22-19(12)21(29)25-18(26-22)11-30-14(3)20(28)24-16-10-15(23)6-7-17(16)27-8-4-5-9-27/h6-7,10,14H,4-5,8-9,11H2,1-3H3,(H,24,28)(H,25,26,29). The van der Waals surface area contributed by atoms with E-state index in [2.05, 4.69) is 20.2 Å². The number of hydrogen-bond donors (Lipinski definition) is 2. The summed E-state index contributed by atoms with van der Waals surface area (Å²) in [6.45, 7) is 7.76. The summed E-state index contributed by atoms with van der Waals surface area (Å²) in [6, 6.07) is 5.63. The molecule has 1 aliphatic rings. The lowest BCUT2D eigenvalue weighted by atomic mass is 10.2. The normalized spacial score (nSPS) is 14.9. The minimum Gasteiger partial charge on any atom is -0.370 e. The van der Waals surface area contributed by atoms with Crippen molar-refractivity contribution in [2.45, 2.75) is 44.6 Å². The van der Waals surface area contributed by atoms with Crippen molar-refractivity contribution in [1.29, 1.82) is 0 Å². The summed E-state index contributed by atoms with van der Waals surface area (Å²) in [4.78, 5) is 36.9. The van der Waals surface area contributed by atoms with Gasteiger partial charge in [0.05, 0.1) is 27.8 Å². The molecule has 0 spiro atoms. The van der Waals surface area contributed by atoms with E-state index >= 15 is 0 Å². The molecule has 2 N–H and O–H groups in total. The molecule has 3 heterocycles. The van der Waals surface area contributed by atoms with Crippen LogP contribution in [0.2, 0.25) is 5.02 Å². The fourth-order valence-corrected chi connectivity index (χ4v) is 5.70. The van der Waals surface area contributed by atoms with Crippen molar-refractivity contribution >= 4 is 62.2 Å². The van der Waals surface area contributed by atoms with Crippen molar-refractivity contribution in [3.05, 3.63) is 49.8 Å². The molecule has 164 valence electrons. The second kappa shape index (κ2) is 9.22. The maximum absolute atomic E-state index is 12.9. The molecule has 0 bridgehead atoms. The fraction of sp³-hybridized carbons (Fsp3) is 0.409. The van der Waals surface area contributed by atoms with E-state index in [1.807, 2.05) is 32.9 Å². The molecule has 2 aromatic heterocycles. The van der Waals surface area contributed by atoms with Crippen LogP contribution in [0.15, 0.2) is 23.0 Å². The SMILES string of the molecule is Cc1sc2nc(CSC(C)C(=O)Nc3cc(Cl)ccc3N3CCCC3)[nH]c(=O)c2c1C. The number of thiophene rings is 1. The van der Waals surface area contributed by atoms with Gasteiger partial charge in [-0.2, -0.15) is 0 Å². The summed E-state index contributed by atoms with van der Waals surface area (Å²) in [6.07, 6.45) is 2.31. The first-order valence-electron chi connectivity index (χ1n) is 10.3. The van der Waals surface area contributed by atoms with E-state index in [0.717, 1.165) is 52.6 Å². The Morgan fingerprint density at radius 2 is 2.10 bits per heavy atom. The van der Waals surface area contributed by atoms with Crippen LogP contribution in [0.1, 0.15) is 36.0 Å². The molecule has 1 amide bonds. The molecule has 1 aromatic carbocycles. The van der Waals surface area contributed by atoms with Gasteiger partial charge in [-0.3, -0.25) is 9.59 Å². The number of nitrogens with zero attached hydrogens (tertiary/aromatic N) is 2. The lowest BCUT2D eigenvalue weighted by Crippen LogP contribution is -2.25. The molecule has 3 aromatic rings. The van der Waals surface area contributed by atoms with Gasteiger partial charge < -0.3 is 15.2 Å². The minimum absolute atomic E-state index is 0.0982. The van der Waals surface area contributed by atoms with E-state index in [-0.39, 0.29) is 16.7 Å². The van der Waals surface area contributed by atoms with Crippen molar-refractivity contribution in [2.75, 3.05) is 23.3 Å². The molecule has 9 heteroatoms. The molecule has 0 saturated carbocycles. The van der Waals surface area contributed by atoms with Gasteiger partial charge >= 0.3 is 0 Å². The monoisotopic (exact) mass is 476 g/mol. The number of hydrogen-bond acceptors (Lipinski definition) is 6. The Hall–Kier alpha value is -2.03. The van der Waals surface area contributed by atoms with E-state index in [1.54, 1.807) is 6.07 Å². The maximum atomic E-state index is 12.9. The number of amides is 1. The van der Waals surface area contributed by atoms with Crippen molar-refractivity contribution in [3.8, 4) is 0 Å². The third-order valence-corrected chi connectivity index (χ3v) is 8.08. The molecular formula is C22H25ClN4O2S2. The Morgan fingerprint density at radius 3 is 2.84 bits per heavy atom. The van der Waals surface area contributed by atoms with Crippen LogP contribution in [-0.4, -0.2) is 34.2 Å². The molecule has 6 nitrogen and oxygen atoms in total. The van der Waals surface area contributed by atoms with Crippen LogP contribution in [0.5, 0.6) is 0 Å². The number of aromatic amines is 1. The number of carbonyl (C=O) groups is 1. The van der Waals surface area contributed by atoms with E-state index in [1.165, 1.54) is 23.1 Å². The van der Waals surface area contributed by atoms with Crippen LogP contribution in [0, 0.1) is 13.8 Å². The number of halogens is 1. The third-order valence-electron chi connectivity index (χ3n) is 5.59. The first kappa shape index (κ1) is 22.2. The van der Waals surface area contributed by atoms with Gasteiger partial charge in [0.25, 0.3) is 5.56 Å². The highest BCUT2D eigenvalue weighted by molar-refractivity contribution is 7.99. The second-order valence-electron chi connectivity index (χ2n) is 7.77. The lowest BCUT2D eigenvalue weighted by Gasteiger charge is -2.22. The summed E-state index contributed by atoms with van der Waals surface area (Å²) >= 11 is 9.16. The summed E-state index contributed by atoms with van der Waals surface area (Å²) in [5.41, 5.74) is 2.61. The van der Waals surface area contributed by atoms with Crippen molar-refractivity contribution in [1.82, 2.24) is 9.97 Å². The zero-order valence-electron chi connectivity index (χ0n) is 17.8. The number of H-pyrrole nitrogens is 1. The lowest BCUT2D eigenvalue weighted by molar-refractivity contribution is -0.115. The van der Waals surface area contributed by atoms with E-state index in [0.29, 0.717) is 22.0 Å². The molecule has 1 unspecified atom stereocenters. The minimum atomic E-state index is -0.321. The first-order valence-corrected chi connectivity index (χ1v) is 12.5. The van der Waals surface area contributed by atoms with E-state index in [4.69, 9.17) is 11.6 Å². The molecule has 0 radical (unpaired) electrons. The number of aryl methyl sites for hydroxylation is 2. The first-order chi connectivity index (χ1) is 14.8. The van der Waals surface area contributed by atoms with Gasteiger partial charge in [-0.25, -0.2) is 4.98 Å². The van der Waals surface area contributed by atoms with Gasteiger partial charge in [-0.1, -0.05) is 11.6 Å². The number of anilines is 2. The Labute approximate surface area is 194 Å². The van der Waals surface area contributed by atoms with Gasteiger partial charge in [0.15, 0.2) is 0 Å². The molecule has 31 heavy (non-hydrogen) atoms. The highest BCUT2D eigenvalue weighted by Crippen LogP contribution is 2.32. The number of fused-ring (bicyclic) bond motifs is 1. The predicted octanol–water partition coefficient (Wildman–Crippen LogP) is 5.12. The summed E-state index contributed by atoms with van der Waals surface area (Å²) < 4.78 is 0. The number of aromatic nitrogens is 2. The average Bonchev–Trinajstić information content (AvgIpc) is 3.35. The number of rotatable bonds is 6. The van der Waals surface area contributed by atoms with Crippen molar-refractivity contribution in [2.24, 2.45) is 0 Å². The third kappa shape index (κ3) is 4.76. The highest BCUT2D eigenvalue weighted by Gasteiger charge is 2.20. The predicted molar refractivity (Wildman–Crippen MR) is 132 cm³/mol. The topological polar surface area (TPSA) is 78.1 Å². The Morgan fingerprint density at radius 1 is 1.35 bits per heavy atom. The van der Waals surface area contributed by atoms with Gasteiger partial charge in [-0.05, 0) is 57.4 Å². The molecule has 1 aliphatic heterocycles. The van der Waals surface area contributed by atoms with Gasteiger partial charge in [-0.15, -0.1) is 23.1 Å². The largest absolute Gasteiger partial charge is 0.370 e. The highest BCUT2D eigenvalue weighted by atomic mass is 35.5. The molecule has 1 saturated heterocycles. The zero-order chi connectivity index (χ0) is 22.1.